The van der Waals surface area contributed by atoms with E-state index in [4.69, 9.17) is 17.3 Å². The molecular weight excluding hydrogens is 292 g/mol. The van der Waals surface area contributed by atoms with Crippen LogP contribution >= 0.6 is 11.6 Å². The predicted octanol–water partition coefficient (Wildman–Crippen LogP) is 0.123. The zero-order valence-corrected chi connectivity index (χ0v) is 11.5. The number of sulfonamides is 1. The lowest BCUT2D eigenvalue weighted by molar-refractivity contribution is 0.600. The Morgan fingerprint density at radius 1 is 1.47 bits per heavy atom. The molecule has 0 aliphatic heterocycles. The summed E-state index contributed by atoms with van der Waals surface area (Å²) in [5, 5.41) is 10.9. The molecule has 2 rings (SSSR count). The van der Waals surface area contributed by atoms with Gasteiger partial charge in [0.15, 0.2) is 0 Å². The van der Waals surface area contributed by atoms with Crippen LogP contribution in [0.3, 0.4) is 0 Å². The van der Waals surface area contributed by atoms with Gasteiger partial charge < -0.3 is 5.73 Å². The van der Waals surface area contributed by atoms with Crippen molar-refractivity contribution in [2.24, 2.45) is 12.8 Å². The zero-order chi connectivity index (χ0) is 14.0. The van der Waals surface area contributed by atoms with Crippen molar-refractivity contribution in [3.63, 3.8) is 0 Å². The summed E-state index contributed by atoms with van der Waals surface area (Å²) in [5.74, 6) is -0.124. The van der Waals surface area contributed by atoms with Crippen LogP contribution in [-0.4, -0.2) is 28.6 Å². The maximum atomic E-state index is 12.1. The molecule has 10 heteroatoms. The molecule has 2 aromatic rings. The number of tetrazole rings is 1. The van der Waals surface area contributed by atoms with Gasteiger partial charge in [-0.2, -0.15) is 4.80 Å². The van der Waals surface area contributed by atoms with E-state index in [1.807, 2.05) is 0 Å². The van der Waals surface area contributed by atoms with Crippen LogP contribution in [0.4, 0.5) is 5.95 Å². The van der Waals surface area contributed by atoms with E-state index in [9.17, 15) is 8.42 Å². The highest BCUT2D eigenvalue weighted by atomic mass is 35.5. The van der Waals surface area contributed by atoms with E-state index in [0.29, 0.717) is 0 Å². The van der Waals surface area contributed by atoms with Gasteiger partial charge in [0.25, 0.3) is 16.0 Å². The van der Waals surface area contributed by atoms with Crippen molar-refractivity contribution in [3.05, 3.63) is 28.8 Å². The number of nitrogens with one attached hydrogen (secondary N) is 1. The molecule has 0 spiro atoms. The Labute approximate surface area is 114 Å². The van der Waals surface area contributed by atoms with E-state index in [1.54, 1.807) is 6.07 Å². The van der Waals surface area contributed by atoms with Crippen molar-refractivity contribution >= 4 is 27.6 Å². The van der Waals surface area contributed by atoms with Crippen LogP contribution in [0.25, 0.3) is 0 Å². The number of halogens is 1. The second-order valence-electron chi connectivity index (χ2n) is 3.68. The number of aryl methyl sites for hydroxylation is 1. The number of hydrogen-bond acceptors (Lipinski definition) is 6. The number of anilines is 1. The van der Waals surface area contributed by atoms with Crippen molar-refractivity contribution in [2.75, 3.05) is 4.72 Å². The Morgan fingerprint density at radius 3 is 2.74 bits per heavy atom. The van der Waals surface area contributed by atoms with Gasteiger partial charge in [-0.15, -0.1) is 5.10 Å². The molecule has 0 amide bonds. The molecule has 0 aliphatic carbocycles. The van der Waals surface area contributed by atoms with Gasteiger partial charge in [0, 0.05) is 6.54 Å². The second kappa shape index (κ2) is 5.11. The Hall–Kier alpha value is -1.71. The van der Waals surface area contributed by atoms with Gasteiger partial charge in [0.2, 0.25) is 0 Å². The van der Waals surface area contributed by atoms with Gasteiger partial charge in [-0.3, -0.25) is 0 Å². The third-order valence-electron chi connectivity index (χ3n) is 2.26. The van der Waals surface area contributed by atoms with E-state index in [-0.39, 0.29) is 22.4 Å². The van der Waals surface area contributed by atoms with Gasteiger partial charge in [-0.05, 0) is 22.9 Å². The molecule has 8 nitrogen and oxygen atoms in total. The molecule has 1 aromatic carbocycles. The Bertz CT molecular complexity index is 698. The summed E-state index contributed by atoms with van der Waals surface area (Å²) in [6, 6.07) is 4.47. The molecule has 0 aliphatic rings. The summed E-state index contributed by atoms with van der Waals surface area (Å²) >= 11 is 5.93. The maximum Gasteiger partial charge on any atom is 0.277 e. The Balaban J connectivity index is 2.34. The molecule has 3 N–H and O–H groups in total. The van der Waals surface area contributed by atoms with Crippen LogP contribution in [0.1, 0.15) is 5.56 Å². The SMILES string of the molecule is Cn1nnc(NS(=O)(=O)c2ccc(CN)cc2Cl)n1. The topological polar surface area (TPSA) is 116 Å². The van der Waals surface area contributed by atoms with Crippen molar-refractivity contribution in [3.8, 4) is 0 Å². The predicted molar refractivity (Wildman–Crippen MR) is 68.9 cm³/mol. The monoisotopic (exact) mass is 302 g/mol. The van der Waals surface area contributed by atoms with Gasteiger partial charge in [0.1, 0.15) is 4.90 Å². The lowest BCUT2D eigenvalue weighted by Gasteiger charge is -2.07. The fraction of sp³-hybridized carbons (Fsp3) is 0.222. The highest BCUT2D eigenvalue weighted by Gasteiger charge is 2.20. The molecule has 0 atom stereocenters. The summed E-state index contributed by atoms with van der Waals surface area (Å²) in [4.78, 5) is 1.07. The van der Waals surface area contributed by atoms with Gasteiger partial charge in [0.05, 0.1) is 12.1 Å². The van der Waals surface area contributed by atoms with E-state index >= 15 is 0 Å². The van der Waals surface area contributed by atoms with E-state index in [1.165, 1.54) is 19.2 Å². The van der Waals surface area contributed by atoms with Crippen LogP contribution in [0.2, 0.25) is 5.02 Å². The zero-order valence-electron chi connectivity index (χ0n) is 9.91. The smallest absolute Gasteiger partial charge is 0.277 e. The number of hydrogen-bond donors (Lipinski definition) is 2. The average Bonchev–Trinajstić information content (AvgIpc) is 2.73. The third kappa shape index (κ3) is 3.00. The van der Waals surface area contributed by atoms with Crippen LogP contribution in [-0.2, 0) is 23.6 Å². The molecule has 19 heavy (non-hydrogen) atoms. The Kier molecular flexibility index (Phi) is 3.69. The van der Waals surface area contributed by atoms with Crippen LogP contribution in [0.5, 0.6) is 0 Å². The lowest BCUT2D eigenvalue weighted by atomic mass is 10.2. The summed E-state index contributed by atoms with van der Waals surface area (Å²) in [6.45, 7) is 0.277. The summed E-state index contributed by atoms with van der Waals surface area (Å²) < 4.78 is 26.4. The maximum absolute atomic E-state index is 12.1. The molecule has 0 saturated carbocycles. The molecular formula is C9H11ClN6O2S. The van der Waals surface area contributed by atoms with Gasteiger partial charge >= 0.3 is 0 Å². The molecule has 0 unspecified atom stereocenters. The van der Waals surface area contributed by atoms with Crippen molar-refractivity contribution in [2.45, 2.75) is 11.4 Å². The van der Waals surface area contributed by atoms with Crippen LogP contribution in [0, 0.1) is 0 Å². The molecule has 0 fully saturated rings. The molecule has 0 radical (unpaired) electrons. The Morgan fingerprint density at radius 2 is 2.21 bits per heavy atom. The van der Waals surface area contributed by atoms with Gasteiger partial charge in [-0.1, -0.05) is 22.8 Å². The summed E-state index contributed by atoms with van der Waals surface area (Å²) in [5.41, 5.74) is 6.19. The minimum Gasteiger partial charge on any atom is -0.326 e. The molecule has 1 aromatic heterocycles. The molecule has 1 heterocycles. The molecule has 102 valence electrons. The summed E-state index contributed by atoms with van der Waals surface area (Å²) in [7, 11) is -2.34. The standard InChI is InChI=1S/C9H11ClN6O2S/c1-16-13-9(12-15-16)14-19(17,18)8-3-2-6(5-11)4-7(8)10/h2-4H,5,11H2,1H3,(H,13,14). The minimum atomic E-state index is -3.86. The van der Waals surface area contributed by atoms with Crippen LogP contribution < -0.4 is 10.5 Å². The van der Waals surface area contributed by atoms with Crippen molar-refractivity contribution in [1.29, 1.82) is 0 Å². The fourth-order valence-electron chi connectivity index (χ4n) is 1.39. The first kappa shape index (κ1) is 13.7. The van der Waals surface area contributed by atoms with Crippen LogP contribution in [0.15, 0.2) is 23.1 Å². The highest BCUT2D eigenvalue weighted by Crippen LogP contribution is 2.23. The highest BCUT2D eigenvalue weighted by molar-refractivity contribution is 7.92. The normalized spacial score (nSPS) is 11.5. The quantitative estimate of drug-likeness (QED) is 0.829. The van der Waals surface area contributed by atoms with Crippen molar-refractivity contribution < 1.29 is 8.42 Å². The summed E-state index contributed by atoms with van der Waals surface area (Å²) in [6.07, 6.45) is 0. The first-order valence-electron chi connectivity index (χ1n) is 5.17. The third-order valence-corrected chi connectivity index (χ3v) is 4.07. The van der Waals surface area contributed by atoms with E-state index in [2.05, 4.69) is 20.1 Å². The second-order valence-corrected chi connectivity index (χ2v) is 5.73. The van der Waals surface area contributed by atoms with E-state index < -0.39 is 10.0 Å². The van der Waals surface area contributed by atoms with Crippen molar-refractivity contribution in [1.82, 2.24) is 20.2 Å². The fourth-order valence-corrected chi connectivity index (χ4v) is 2.89. The number of aromatic nitrogens is 4. The average molecular weight is 303 g/mol. The minimum absolute atomic E-state index is 0.0705. The molecule has 0 bridgehead atoms. The number of nitrogens with two attached hydrogens (primary N) is 1. The number of benzene rings is 1. The van der Waals surface area contributed by atoms with E-state index in [0.717, 1.165) is 10.4 Å². The molecule has 0 saturated heterocycles. The largest absolute Gasteiger partial charge is 0.326 e. The lowest BCUT2D eigenvalue weighted by Crippen LogP contribution is -2.15. The first-order chi connectivity index (χ1) is 8.92. The number of nitrogens with zero attached hydrogens (tertiary/aromatic N) is 4. The first-order valence-corrected chi connectivity index (χ1v) is 7.04. The van der Waals surface area contributed by atoms with Gasteiger partial charge in [-0.25, -0.2) is 13.1 Å². The number of rotatable bonds is 4.